The Labute approximate surface area is 121 Å². The van der Waals surface area contributed by atoms with Gasteiger partial charge in [-0.25, -0.2) is 0 Å². The zero-order valence-electron chi connectivity index (χ0n) is 11.9. The van der Waals surface area contributed by atoms with E-state index in [1.165, 1.54) is 4.90 Å². The Kier molecular flexibility index (Phi) is 4.87. The number of nitrogens with zero attached hydrogens (tertiary/aromatic N) is 3. The third-order valence-electron chi connectivity index (χ3n) is 3.80. The number of hydrogen-bond donors (Lipinski definition) is 1. The first kappa shape index (κ1) is 15.8. The van der Waals surface area contributed by atoms with Gasteiger partial charge in [0.05, 0.1) is 13.0 Å². The van der Waals surface area contributed by atoms with Crippen molar-refractivity contribution >= 4 is 5.91 Å². The highest BCUT2D eigenvalue weighted by Crippen LogP contribution is 2.21. The average molecular weight is 304 g/mol. The van der Waals surface area contributed by atoms with Gasteiger partial charge in [-0.05, 0) is 18.9 Å². The molecule has 0 radical (unpaired) electrons. The summed E-state index contributed by atoms with van der Waals surface area (Å²) in [6.07, 6.45) is -1.20. The fourth-order valence-corrected chi connectivity index (χ4v) is 2.59. The van der Waals surface area contributed by atoms with Crippen LogP contribution in [0.4, 0.5) is 13.2 Å². The highest BCUT2D eigenvalue weighted by Gasteiger charge is 2.33. The Morgan fingerprint density at radius 3 is 2.67 bits per heavy atom. The van der Waals surface area contributed by atoms with Crippen LogP contribution in [0.1, 0.15) is 18.5 Å². The number of H-pyrrole nitrogens is 1. The van der Waals surface area contributed by atoms with Crippen molar-refractivity contribution in [2.45, 2.75) is 31.5 Å². The van der Waals surface area contributed by atoms with Crippen LogP contribution in [0.2, 0.25) is 0 Å². The molecule has 0 spiro atoms. The van der Waals surface area contributed by atoms with Crippen LogP contribution in [-0.4, -0.2) is 64.8 Å². The predicted octanol–water partition coefficient (Wildman–Crippen LogP) is 1.44. The lowest BCUT2D eigenvalue weighted by atomic mass is 10.0. The fourth-order valence-electron chi connectivity index (χ4n) is 2.59. The van der Waals surface area contributed by atoms with E-state index in [-0.39, 0.29) is 18.4 Å². The molecule has 2 rings (SSSR count). The van der Waals surface area contributed by atoms with Gasteiger partial charge in [-0.1, -0.05) is 0 Å². The number of amides is 1. The molecule has 1 aliphatic rings. The maximum atomic E-state index is 12.3. The van der Waals surface area contributed by atoms with Gasteiger partial charge in [-0.3, -0.25) is 14.8 Å². The Morgan fingerprint density at radius 1 is 1.48 bits per heavy atom. The second-order valence-electron chi connectivity index (χ2n) is 5.39. The van der Waals surface area contributed by atoms with E-state index in [0.717, 1.165) is 5.69 Å². The van der Waals surface area contributed by atoms with Crippen molar-refractivity contribution in [3.05, 3.63) is 18.0 Å². The van der Waals surface area contributed by atoms with Crippen molar-refractivity contribution in [2.75, 3.05) is 26.7 Å². The smallest absolute Gasteiger partial charge is 0.342 e. The summed E-state index contributed by atoms with van der Waals surface area (Å²) < 4.78 is 37.0. The number of aromatic amines is 1. The van der Waals surface area contributed by atoms with Crippen molar-refractivity contribution in [1.82, 2.24) is 20.0 Å². The van der Waals surface area contributed by atoms with E-state index in [4.69, 9.17) is 0 Å². The Balaban J connectivity index is 1.80. The number of aromatic nitrogens is 2. The molecule has 0 saturated carbocycles. The van der Waals surface area contributed by atoms with Crippen molar-refractivity contribution in [3.8, 4) is 0 Å². The number of likely N-dealkylation sites (tertiary alicyclic amines) is 1. The van der Waals surface area contributed by atoms with Crippen LogP contribution in [0.5, 0.6) is 0 Å². The summed E-state index contributed by atoms with van der Waals surface area (Å²) in [5, 5.41) is 6.51. The number of carbonyl (C=O) groups excluding carboxylic acids is 1. The summed E-state index contributed by atoms with van der Waals surface area (Å²) >= 11 is 0. The van der Waals surface area contributed by atoms with E-state index in [0.29, 0.717) is 25.9 Å². The standard InChI is InChI=1S/C13H19F3N4O/c1-19(12(21)8-10-2-5-17-18-10)11-3-6-20(7-4-11)9-13(14,15)16/h2,5,11H,3-4,6-9H2,1H3,(H,17,18). The average Bonchev–Trinajstić information content (AvgIpc) is 2.90. The van der Waals surface area contributed by atoms with E-state index in [1.807, 2.05) is 0 Å². The van der Waals surface area contributed by atoms with Crippen LogP contribution in [-0.2, 0) is 11.2 Å². The van der Waals surface area contributed by atoms with E-state index in [1.54, 1.807) is 24.2 Å². The Hall–Kier alpha value is -1.57. The molecule has 2 heterocycles. The normalized spacial score (nSPS) is 17.9. The molecule has 1 aromatic heterocycles. The summed E-state index contributed by atoms with van der Waals surface area (Å²) in [5.41, 5.74) is 0.737. The lowest BCUT2D eigenvalue weighted by molar-refractivity contribution is -0.150. The highest BCUT2D eigenvalue weighted by molar-refractivity contribution is 5.78. The molecule has 0 aliphatic carbocycles. The van der Waals surface area contributed by atoms with Crippen molar-refractivity contribution in [1.29, 1.82) is 0 Å². The van der Waals surface area contributed by atoms with Crippen LogP contribution in [0.15, 0.2) is 12.3 Å². The zero-order valence-corrected chi connectivity index (χ0v) is 11.9. The molecule has 1 aliphatic heterocycles. The Bertz CT molecular complexity index is 452. The number of hydrogen-bond acceptors (Lipinski definition) is 3. The monoisotopic (exact) mass is 304 g/mol. The van der Waals surface area contributed by atoms with Crippen molar-refractivity contribution in [3.63, 3.8) is 0 Å². The van der Waals surface area contributed by atoms with Gasteiger partial charge < -0.3 is 4.90 Å². The van der Waals surface area contributed by atoms with Crippen molar-refractivity contribution in [2.24, 2.45) is 0 Å². The first-order valence-electron chi connectivity index (χ1n) is 6.88. The van der Waals surface area contributed by atoms with Gasteiger partial charge in [0.2, 0.25) is 5.91 Å². The topological polar surface area (TPSA) is 52.2 Å². The minimum Gasteiger partial charge on any atom is -0.342 e. The first-order chi connectivity index (χ1) is 9.85. The molecule has 1 amide bonds. The molecule has 0 atom stereocenters. The van der Waals surface area contributed by atoms with Gasteiger partial charge >= 0.3 is 6.18 Å². The van der Waals surface area contributed by atoms with Gasteiger partial charge in [0.25, 0.3) is 0 Å². The van der Waals surface area contributed by atoms with Crippen LogP contribution in [0.3, 0.4) is 0 Å². The lowest BCUT2D eigenvalue weighted by Gasteiger charge is -2.37. The van der Waals surface area contributed by atoms with Crippen molar-refractivity contribution < 1.29 is 18.0 Å². The molecular formula is C13H19F3N4O. The molecule has 118 valence electrons. The summed E-state index contributed by atoms with van der Waals surface area (Å²) in [5.74, 6) is -0.0477. The molecule has 5 nitrogen and oxygen atoms in total. The number of rotatable bonds is 4. The second-order valence-corrected chi connectivity index (χ2v) is 5.39. The van der Waals surface area contributed by atoms with Crippen LogP contribution < -0.4 is 0 Å². The van der Waals surface area contributed by atoms with Gasteiger partial charge in [0, 0.05) is 38.1 Å². The highest BCUT2D eigenvalue weighted by atomic mass is 19.4. The number of carbonyl (C=O) groups is 1. The summed E-state index contributed by atoms with van der Waals surface area (Å²) in [4.78, 5) is 15.1. The largest absolute Gasteiger partial charge is 0.401 e. The first-order valence-corrected chi connectivity index (χ1v) is 6.88. The van der Waals surface area contributed by atoms with E-state index in [2.05, 4.69) is 10.2 Å². The number of alkyl halides is 3. The van der Waals surface area contributed by atoms with Crippen LogP contribution in [0, 0.1) is 0 Å². The summed E-state index contributed by atoms with van der Waals surface area (Å²) in [6, 6.07) is 1.74. The maximum absolute atomic E-state index is 12.3. The van der Waals surface area contributed by atoms with Crippen LogP contribution in [0.25, 0.3) is 0 Å². The molecule has 0 bridgehead atoms. The van der Waals surface area contributed by atoms with Gasteiger partial charge in [0.15, 0.2) is 0 Å². The second kappa shape index (κ2) is 6.46. The van der Waals surface area contributed by atoms with Gasteiger partial charge in [-0.2, -0.15) is 18.3 Å². The summed E-state index contributed by atoms with van der Waals surface area (Å²) in [6.45, 7) is -0.136. The minimum atomic E-state index is -4.16. The number of piperidine rings is 1. The number of nitrogens with one attached hydrogen (secondary N) is 1. The number of halogens is 3. The fraction of sp³-hybridized carbons (Fsp3) is 0.692. The van der Waals surface area contributed by atoms with Crippen LogP contribution >= 0.6 is 0 Å². The molecule has 0 unspecified atom stereocenters. The minimum absolute atomic E-state index is 0.00454. The predicted molar refractivity (Wildman–Crippen MR) is 70.6 cm³/mol. The molecule has 1 saturated heterocycles. The maximum Gasteiger partial charge on any atom is 0.401 e. The van der Waals surface area contributed by atoms with E-state index < -0.39 is 12.7 Å². The molecule has 1 fully saturated rings. The lowest BCUT2D eigenvalue weighted by Crippen LogP contribution is -2.48. The van der Waals surface area contributed by atoms with Gasteiger partial charge in [0.1, 0.15) is 0 Å². The quantitative estimate of drug-likeness (QED) is 0.916. The third-order valence-corrected chi connectivity index (χ3v) is 3.80. The third kappa shape index (κ3) is 4.73. The number of likely N-dealkylation sites (N-methyl/N-ethyl adjacent to an activating group) is 1. The summed E-state index contributed by atoms with van der Waals surface area (Å²) in [7, 11) is 1.71. The molecule has 0 aromatic carbocycles. The Morgan fingerprint density at radius 2 is 2.14 bits per heavy atom. The van der Waals surface area contributed by atoms with Gasteiger partial charge in [-0.15, -0.1) is 0 Å². The molecule has 21 heavy (non-hydrogen) atoms. The zero-order chi connectivity index (χ0) is 15.5. The molecule has 8 heteroatoms. The van der Waals surface area contributed by atoms with E-state index in [9.17, 15) is 18.0 Å². The van der Waals surface area contributed by atoms with E-state index >= 15 is 0 Å². The molecular weight excluding hydrogens is 285 g/mol. The SMILES string of the molecule is CN(C(=O)Cc1ccn[nH]1)C1CCN(CC(F)(F)F)CC1. The molecule has 1 aromatic rings. The molecule has 1 N–H and O–H groups in total.